The minimum absolute atomic E-state index is 0.0638. The molecule has 0 unspecified atom stereocenters. The van der Waals surface area contributed by atoms with Crippen LogP contribution in [0, 0.1) is 23.7 Å². The van der Waals surface area contributed by atoms with Gasteiger partial charge >= 0.3 is 23.9 Å². The minimum atomic E-state index is -1.82. The van der Waals surface area contributed by atoms with Crippen LogP contribution in [0.3, 0.4) is 0 Å². The Hall–Kier alpha value is -2.68. The van der Waals surface area contributed by atoms with Crippen LogP contribution in [-0.2, 0) is 38.1 Å². The lowest BCUT2D eigenvalue weighted by Gasteiger charge is -2.42. The number of hydrogen-bond acceptors (Lipinski definition) is 9. The fraction of sp³-hybridized carbons (Fsp3) is 0.652. The first kappa shape index (κ1) is 24.0. The zero-order valence-corrected chi connectivity index (χ0v) is 19.1. The lowest BCUT2D eigenvalue weighted by Crippen LogP contribution is -2.58. The molecule has 32 heavy (non-hydrogen) atoms. The molecule has 176 valence electrons. The molecule has 0 bridgehead atoms. The van der Waals surface area contributed by atoms with E-state index in [1.165, 1.54) is 20.8 Å². The third-order valence-electron chi connectivity index (χ3n) is 6.53. The zero-order valence-electron chi connectivity index (χ0n) is 19.1. The summed E-state index contributed by atoms with van der Waals surface area (Å²) < 4.78 is 22.4. The van der Waals surface area contributed by atoms with E-state index in [-0.39, 0.29) is 5.57 Å². The van der Waals surface area contributed by atoms with E-state index in [1.807, 2.05) is 0 Å². The summed E-state index contributed by atoms with van der Waals surface area (Å²) in [7, 11) is 0. The second kappa shape index (κ2) is 8.35. The number of ether oxygens (including phenoxy) is 4. The Balaban J connectivity index is 2.20. The summed E-state index contributed by atoms with van der Waals surface area (Å²) in [5.74, 6) is -5.31. The van der Waals surface area contributed by atoms with Gasteiger partial charge in [-0.25, -0.2) is 4.79 Å². The molecule has 0 aromatic rings. The molecule has 0 radical (unpaired) electrons. The number of hydrogen-bond donors (Lipinski definition) is 1. The van der Waals surface area contributed by atoms with Gasteiger partial charge in [0, 0.05) is 31.3 Å². The van der Waals surface area contributed by atoms with Crippen molar-refractivity contribution < 1.29 is 43.2 Å². The van der Waals surface area contributed by atoms with Crippen molar-refractivity contribution in [2.24, 2.45) is 23.7 Å². The van der Waals surface area contributed by atoms with Crippen LogP contribution in [0.5, 0.6) is 0 Å². The van der Waals surface area contributed by atoms with Crippen molar-refractivity contribution in [3.05, 3.63) is 23.8 Å². The molecule has 9 nitrogen and oxygen atoms in total. The molecule has 0 aromatic carbocycles. The smallest absolute Gasteiger partial charge is 0.334 e. The van der Waals surface area contributed by atoms with Gasteiger partial charge in [0.25, 0.3) is 0 Å². The van der Waals surface area contributed by atoms with E-state index in [4.69, 9.17) is 18.9 Å². The zero-order chi connectivity index (χ0) is 24.1. The molecule has 9 heteroatoms. The molecule has 3 aliphatic rings. The van der Waals surface area contributed by atoms with Crippen LogP contribution in [-0.4, -0.2) is 59.0 Å². The molecule has 0 amide bonds. The fourth-order valence-electron chi connectivity index (χ4n) is 5.19. The molecule has 1 aliphatic heterocycles. The van der Waals surface area contributed by atoms with Crippen molar-refractivity contribution in [3.63, 3.8) is 0 Å². The second-order valence-corrected chi connectivity index (χ2v) is 9.27. The first-order valence-electron chi connectivity index (χ1n) is 10.6. The summed E-state index contributed by atoms with van der Waals surface area (Å²) in [5.41, 5.74) is -1.02. The topological polar surface area (TPSA) is 125 Å². The number of fused-ring (bicyclic) bond motifs is 3. The summed E-state index contributed by atoms with van der Waals surface area (Å²) in [6, 6.07) is 0. The van der Waals surface area contributed by atoms with E-state index >= 15 is 0 Å². The monoisotopic (exact) mass is 450 g/mol. The number of rotatable bonds is 4. The fourth-order valence-corrected chi connectivity index (χ4v) is 5.19. The van der Waals surface area contributed by atoms with Crippen molar-refractivity contribution in [2.45, 2.75) is 71.6 Å². The molecule has 1 saturated heterocycles. The molecule has 0 spiro atoms. The molecule has 0 aromatic heterocycles. The lowest BCUT2D eigenvalue weighted by molar-refractivity contribution is -0.205. The van der Waals surface area contributed by atoms with E-state index in [0.29, 0.717) is 0 Å². The Labute approximate surface area is 186 Å². The van der Waals surface area contributed by atoms with Crippen LogP contribution in [0.15, 0.2) is 23.8 Å². The van der Waals surface area contributed by atoms with Gasteiger partial charge in [-0.05, 0) is 19.9 Å². The molecule has 2 fully saturated rings. The second-order valence-electron chi connectivity index (χ2n) is 9.27. The van der Waals surface area contributed by atoms with Gasteiger partial charge in [-0.1, -0.05) is 26.0 Å². The van der Waals surface area contributed by atoms with E-state index in [2.05, 4.69) is 6.58 Å². The first-order chi connectivity index (χ1) is 14.8. The molecule has 1 N–H and O–H groups in total. The maximum atomic E-state index is 12.6. The van der Waals surface area contributed by atoms with Gasteiger partial charge in [0.15, 0.2) is 12.2 Å². The molecular formula is C23H30O9. The summed E-state index contributed by atoms with van der Waals surface area (Å²) in [4.78, 5) is 48.9. The van der Waals surface area contributed by atoms with E-state index < -0.39 is 77.6 Å². The molecule has 1 saturated carbocycles. The third kappa shape index (κ3) is 3.94. The number of carbonyl (C=O) groups is 4. The first-order valence-corrected chi connectivity index (χ1v) is 10.6. The molecular weight excluding hydrogens is 420 g/mol. The van der Waals surface area contributed by atoms with E-state index in [9.17, 15) is 24.3 Å². The summed E-state index contributed by atoms with van der Waals surface area (Å²) in [6.45, 7) is 12.8. The Morgan fingerprint density at radius 2 is 1.72 bits per heavy atom. The summed E-state index contributed by atoms with van der Waals surface area (Å²) >= 11 is 0. The van der Waals surface area contributed by atoms with E-state index in [0.717, 1.165) is 5.57 Å². The predicted molar refractivity (Wildman–Crippen MR) is 110 cm³/mol. The minimum Gasteiger partial charge on any atom is -0.458 e. The van der Waals surface area contributed by atoms with Crippen molar-refractivity contribution in [2.75, 3.05) is 0 Å². The SMILES string of the molecule is C=C1C(=O)O[C@H]2[C@@H]1[C@@H](OC(=O)C(C)C)[C@@H](OC(C)=O)[C@@](C)(O)[C@H]1[C@@H]2C(C)=C[C@@H]1OC(C)=O. The van der Waals surface area contributed by atoms with Crippen LogP contribution in [0.1, 0.15) is 41.5 Å². The van der Waals surface area contributed by atoms with Gasteiger partial charge in [0.1, 0.15) is 17.8 Å². The Morgan fingerprint density at radius 1 is 1.12 bits per heavy atom. The quantitative estimate of drug-likeness (QED) is 0.293. The van der Waals surface area contributed by atoms with Gasteiger partial charge in [0.2, 0.25) is 0 Å². The van der Waals surface area contributed by atoms with Crippen molar-refractivity contribution >= 4 is 23.9 Å². The molecule has 3 rings (SSSR count). The lowest BCUT2D eigenvalue weighted by atomic mass is 9.74. The van der Waals surface area contributed by atoms with Gasteiger partial charge in [-0.15, -0.1) is 0 Å². The predicted octanol–water partition coefficient (Wildman–Crippen LogP) is 1.47. The highest BCUT2D eigenvalue weighted by atomic mass is 16.6. The Morgan fingerprint density at radius 3 is 2.25 bits per heavy atom. The maximum Gasteiger partial charge on any atom is 0.334 e. The molecule has 1 heterocycles. The maximum absolute atomic E-state index is 12.6. The van der Waals surface area contributed by atoms with Gasteiger partial charge in [-0.3, -0.25) is 14.4 Å². The van der Waals surface area contributed by atoms with Crippen LogP contribution >= 0.6 is 0 Å². The van der Waals surface area contributed by atoms with Crippen LogP contribution in [0.2, 0.25) is 0 Å². The molecule has 8 atom stereocenters. The largest absolute Gasteiger partial charge is 0.458 e. The van der Waals surface area contributed by atoms with Gasteiger partial charge in [-0.2, -0.15) is 0 Å². The van der Waals surface area contributed by atoms with Crippen molar-refractivity contribution in [1.82, 2.24) is 0 Å². The Kier molecular flexibility index (Phi) is 6.25. The highest BCUT2D eigenvalue weighted by Crippen LogP contribution is 2.54. The number of esters is 4. The molecule has 2 aliphatic carbocycles. The summed E-state index contributed by atoms with van der Waals surface area (Å²) in [6.07, 6.45) is -2.62. The van der Waals surface area contributed by atoms with Crippen molar-refractivity contribution in [1.29, 1.82) is 0 Å². The van der Waals surface area contributed by atoms with Gasteiger partial charge in [0.05, 0.1) is 11.8 Å². The van der Waals surface area contributed by atoms with Crippen LogP contribution in [0.4, 0.5) is 0 Å². The Bertz CT molecular complexity index is 884. The standard InChI is InChI=1S/C23H30O9/c1-9(2)21(26)32-19-16-11(4)22(27)31-18(16)15-10(3)8-14(29-12(5)24)17(15)23(7,28)20(19)30-13(6)25/h8-9,14-20,28H,4H2,1-3,5-7H3/t14-,15-,16+,17+,18+,19+,20+,23-/m0/s1. The average molecular weight is 450 g/mol. The highest BCUT2D eigenvalue weighted by Gasteiger charge is 2.66. The third-order valence-corrected chi connectivity index (χ3v) is 6.53. The van der Waals surface area contributed by atoms with Gasteiger partial charge < -0.3 is 24.1 Å². The normalized spacial score (nSPS) is 38.2. The van der Waals surface area contributed by atoms with Crippen LogP contribution in [0.25, 0.3) is 0 Å². The average Bonchev–Trinajstić information content (AvgIpc) is 3.10. The van der Waals surface area contributed by atoms with E-state index in [1.54, 1.807) is 26.8 Å². The number of carbonyl (C=O) groups excluding carboxylic acids is 4. The van der Waals surface area contributed by atoms with Crippen molar-refractivity contribution in [3.8, 4) is 0 Å². The highest BCUT2D eigenvalue weighted by molar-refractivity contribution is 5.91. The summed E-state index contributed by atoms with van der Waals surface area (Å²) in [5, 5.41) is 11.8. The number of aliphatic hydroxyl groups is 1. The van der Waals surface area contributed by atoms with Crippen LogP contribution < -0.4 is 0 Å².